The van der Waals surface area contributed by atoms with Gasteiger partial charge < -0.3 is 15.5 Å². The summed E-state index contributed by atoms with van der Waals surface area (Å²) >= 11 is 0. The molecule has 3 rings (SSSR count). The number of nitrogens with one attached hydrogen (secondary N) is 2. The van der Waals surface area contributed by atoms with Crippen LogP contribution in [0, 0.1) is 13.8 Å². The zero-order valence-corrected chi connectivity index (χ0v) is 13.4. The molecule has 0 aromatic heterocycles. The van der Waals surface area contributed by atoms with Crippen LogP contribution in [-0.4, -0.2) is 41.2 Å². The van der Waals surface area contributed by atoms with Crippen LogP contribution in [-0.2, 0) is 20.9 Å². The van der Waals surface area contributed by atoms with E-state index >= 15 is 0 Å². The molecule has 2 saturated heterocycles. The second-order valence-electron chi connectivity index (χ2n) is 6.25. The summed E-state index contributed by atoms with van der Waals surface area (Å²) in [6.07, 6.45) is 1.39. The van der Waals surface area contributed by atoms with E-state index < -0.39 is 17.9 Å². The van der Waals surface area contributed by atoms with E-state index in [0.717, 1.165) is 23.1 Å². The van der Waals surface area contributed by atoms with Crippen molar-refractivity contribution in [2.75, 3.05) is 6.54 Å². The molecule has 1 aromatic carbocycles. The number of carbonyl (C=O) groups is 3. The molecule has 2 heterocycles. The van der Waals surface area contributed by atoms with Gasteiger partial charge in [-0.25, -0.2) is 0 Å². The van der Waals surface area contributed by atoms with Gasteiger partial charge in [-0.05, 0) is 43.4 Å². The number of carbonyl (C=O) groups excluding carboxylic acids is 3. The highest BCUT2D eigenvalue weighted by Gasteiger charge is 2.46. The molecule has 2 aliphatic heterocycles. The van der Waals surface area contributed by atoms with Crippen LogP contribution >= 0.6 is 0 Å². The van der Waals surface area contributed by atoms with E-state index in [0.29, 0.717) is 19.5 Å². The molecule has 1 aromatic rings. The quantitative estimate of drug-likeness (QED) is 0.776. The van der Waals surface area contributed by atoms with E-state index in [1.54, 1.807) is 0 Å². The lowest BCUT2D eigenvalue weighted by atomic mass is 10.0. The second kappa shape index (κ2) is 6.02. The van der Waals surface area contributed by atoms with Crippen LogP contribution in [0.2, 0.25) is 0 Å². The van der Waals surface area contributed by atoms with Crippen LogP contribution in [0.4, 0.5) is 0 Å². The third-order valence-corrected chi connectivity index (χ3v) is 4.90. The Hall–Kier alpha value is -2.37. The number of rotatable bonds is 2. The van der Waals surface area contributed by atoms with Gasteiger partial charge in [0.2, 0.25) is 5.91 Å². The third-order valence-electron chi connectivity index (χ3n) is 4.90. The number of aryl methyl sites for hydroxylation is 1. The fourth-order valence-corrected chi connectivity index (χ4v) is 3.36. The standard InChI is InChI=1S/C17H21N3O3/c1-10-4-3-5-12(11(10)2)8-18-16(22)17(23)20-13-6-7-14(20)15(21)19-9-13/h3-5,13-14H,6-9H2,1-2H3,(H,18,22)(H,19,21). The summed E-state index contributed by atoms with van der Waals surface area (Å²) in [6.45, 7) is 4.75. The van der Waals surface area contributed by atoms with E-state index in [1.807, 2.05) is 32.0 Å². The highest BCUT2D eigenvalue weighted by Crippen LogP contribution is 2.27. The van der Waals surface area contributed by atoms with Crippen LogP contribution in [0.5, 0.6) is 0 Å². The Labute approximate surface area is 135 Å². The maximum Gasteiger partial charge on any atom is 0.312 e. The molecule has 23 heavy (non-hydrogen) atoms. The van der Waals surface area contributed by atoms with Crippen molar-refractivity contribution in [1.82, 2.24) is 15.5 Å². The molecular weight excluding hydrogens is 294 g/mol. The first-order valence-corrected chi connectivity index (χ1v) is 7.92. The predicted molar refractivity (Wildman–Crippen MR) is 84.4 cm³/mol. The van der Waals surface area contributed by atoms with E-state index in [4.69, 9.17) is 0 Å². The van der Waals surface area contributed by atoms with Gasteiger partial charge >= 0.3 is 11.8 Å². The van der Waals surface area contributed by atoms with Crippen molar-refractivity contribution in [3.8, 4) is 0 Å². The molecule has 2 unspecified atom stereocenters. The normalized spacial score (nSPS) is 22.7. The predicted octanol–water partition coefficient (Wildman–Crippen LogP) is 0.409. The minimum atomic E-state index is -0.641. The monoisotopic (exact) mass is 315 g/mol. The Morgan fingerprint density at radius 2 is 2.09 bits per heavy atom. The SMILES string of the molecule is Cc1cccc(CNC(=O)C(=O)N2C3CCC2C(=O)NC3)c1C. The fraction of sp³-hybridized carbons (Fsp3) is 0.471. The largest absolute Gasteiger partial charge is 0.352 e. The molecule has 0 radical (unpaired) electrons. The minimum absolute atomic E-state index is 0.0587. The van der Waals surface area contributed by atoms with E-state index in [1.165, 1.54) is 4.90 Å². The molecule has 2 aliphatic rings. The lowest BCUT2D eigenvalue weighted by Gasteiger charge is -2.33. The van der Waals surface area contributed by atoms with Crippen molar-refractivity contribution < 1.29 is 14.4 Å². The molecule has 6 heteroatoms. The van der Waals surface area contributed by atoms with Gasteiger partial charge in [0.1, 0.15) is 6.04 Å². The van der Waals surface area contributed by atoms with Crippen molar-refractivity contribution in [1.29, 1.82) is 0 Å². The smallest absolute Gasteiger partial charge is 0.312 e. The summed E-state index contributed by atoms with van der Waals surface area (Å²) in [6, 6.07) is 5.33. The van der Waals surface area contributed by atoms with Crippen molar-refractivity contribution in [3.63, 3.8) is 0 Å². The van der Waals surface area contributed by atoms with Crippen molar-refractivity contribution in [3.05, 3.63) is 34.9 Å². The van der Waals surface area contributed by atoms with Gasteiger partial charge in [0.15, 0.2) is 0 Å². The average Bonchev–Trinajstić information content (AvgIpc) is 2.88. The van der Waals surface area contributed by atoms with E-state index in [-0.39, 0.29) is 11.9 Å². The molecule has 2 atom stereocenters. The molecule has 2 bridgehead atoms. The molecule has 6 nitrogen and oxygen atoms in total. The summed E-state index contributed by atoms with van der Waals surface area (Å²) in [5.74, 6) is -1.40. The first-order chi connectivity index (χ1) is 11.0. The molecule has 3 amide bonds. The van der Waals surface area contributed by atoms with Gasteiger partial charge in [-0.1, -0.05) is 18.2 Å². The van der Waals surface area contributed by atoms with Crippen LogP contribution in [0.1, 0.15) is 29.5 Å². The van der Waals surface area contributed by atoms with Gasteiger partial charge in [-0.2, -0.15) is 0 Å². The molecule has 0 spiro atoms. The Bertz CT molecular complexity index is 671. The maximum absolute atomic E-state index is 12.4. The molecule has 0 saturated carbocycles. The number of hydrogen-bond acceptors (Lipinski definition) is 3. The second-order valence-corrected chi connectivity index (χ2v) is 6.25. The molecule has 0 aliphatic carbocycles. The van der Waals surface area contributed by atoms with Crippen LogP contribution < -0.4 is 10.6 Å². The van der Waals surface area contributed by atoms with Crippen molar-refractivity contribution in [2.45, 2.75) is 45.3 Å². The lowest BCUT2D eigenvalue weighted by Crippen LogP contribution is -2.60. The summed E-state index contributed by atoms with van der Waals surface area (Å²) in [5.41, 5.74) is 3.25. The average molecular weight is 315 g/mol. The Morgan fingerprint density at radius 3 is 2.87 bits per heavy atom. The van der Waals surface area contributed by atoms with Gasteiger partial charge in [-0.3, -0.25) is 14.4 Å². The maximum atomic E-state index is 12.4. The summed E-state index contributed by atoms with van der Waals surface area (Å²) in [4.78, 5) is 37.9. The van der Waals surface area contributed by atoms with Gasteiger partial charge in [0.05, 0.1) is 6.04 Å². The number of hydrogen-bond donors (Lipinski definition) is 2. The first-order valence-electron chi connectivity index (χ1n) is 7.92. The van der Waals surface area contributed by atoms with E-state index in [2.05, 4.69) is 10.6 Å². The minimum Gasteiger partial charge on any atom is -0.352 e. The molecule has 2 N–H and O–H groups in total. The third kappa shape index (κ3) is 2.81. The Morgan fingerprint density at radius 1 is 1.30 bits per heavy atom. The highest BCUT2D eigenvalue weighted by molar-refractivity contribution is 6.35. The number of benzene rings is 1. The Kier molecular flexibility index (Phi) is 4.07. The topological polar surface area (TPSA) is 78.5 Å². The van der Waals surface area contributed by atoms with Crippen molar-refractivity contribution >= 4 is 17.7 Å². The molecule has 122 valence electrons. The van der Waals surface area contributed by atoms with Gasteiger partial charge in [-0.15, -0.1) is 0 Å². The summed E-state index contributed by atoms with van der Waals surface area (Å²) < 4.78 is 0. The number of piperazine rings is 1. The zero-order valence-electron chi connectivity index (χ0n) is 13.4. The van der Waals surface area contributed by atoms with Crippen LogP contribution in [0.3, 0.4) is 0 Å². The zero-order chi connectivity index (χ0) is 16.6. The Balaban J connectivity index is 1.65. The number of amides is 3. The van der Waals surface area contributed by atoms with Crippen LogP contribution in [0.25, 0.3) is 0 Å². The summed E-state index contributed by atoms with van der Waals surface area (Å²) in [5, 5.41) is 5.46. The fourth-order valence-electron chi connectivity index (χ4n) is 3.36. The van der Waals surface area contributed by atoms with Gasteiger partial charge in [0, 0.05) is 13.1 Å². The molecule has 2 fully saturated rings. The number of nitrogens with zero attached hydrogens (tertiary/aromatic N) is 1. The first kappa shape index (κ1) is 15.5. The van der Waals surface area contributed by atoms with Crippen molar-refractivity contribution in [2.24, 2.45) is 0 Å². The number of fused-ring (bicyclic) bond motifs is 2. The lowest BCUT2D eigenvalue weighted by molar-refractivity contribution is -0.151. The van der Waals surface area contributed by atoms with Crippen LogP contribution in [0.15, 0.2) is 18.2 Å². The highest BCUT2D eigenvalue weighted by atomic mass is 16.2. The van der Waals surface area contributed by atoms with Gasteiger partial charge in [0.25, 0.3) is 0 Å². The summed E-state index contributed by atoms with van der Waals surface area (Å²) in [7, 11) is 0. The van der Waals surface area contributed by atoms with E-state index in [9.17, 15) is 14.4 Å². The molecular formula is C17H21N3O3.